The molecule has 2 amide bonds. The van der Waals surface area contributed by atoms with E-state index in [1.54, 1.807) is 56.0 Å². The van der Waals surface area contributed by atoms with Crippen molar-refractivity contribution >= 4 is 41.0 Å². The molecular weight excluding hydrogens is 500 g/mol. The molecule has 0 aliphatic carbocycles. The highest BCUT2D eigenvalue weighted by Crippen LogP contribution is 2.28. The summed E-state index contributed by atoms with van der Waals surface area (Å²) in [7, 11) is 4.81. The summed E-state index contributed by atoms with van der Waals surface area (Å²) in [6.07, 6.45) is 3.05. The van der Waals surface area contributed by atoms with E-state index < -0.39 is 4.92 Å². The van der Waals surface area contributed by atoms with Crippen LogP contribution in [0.25, 0.3) is 6.08 Å². The van der Waals surface area contributed by atoms with Crippen LogP contribution < -0.4 is 20.1 Å². The van der Waals surface area contributed by atoms with Crippen molar-refractivity contribution in [1.29, 1.82) is 0 Å². The fourth-order valence-electron chi connectivity index (χ4n) is 3.15. The monoisotopic (exact) mass is 526 g/mol. The van der Waals surface area contributed by atoms with Crippen molar-refractivity contribution in [3.8, 4) is 11.5 Å². The lowest BCUT2D eigenvalue weighted by atomic mass is 10.2. The number of hydrogen-bond acceptors (Lipinski definition) is 9. The van der Waals surface area contributed by atoms with Crippen molar-refractivity contribution in [3.05, 3.63) is 69.5 Å². The van der Waals surface area contributed by atoms with Gasteiger partial charge in [0, 0.05) is 25.3 Å². The molecule has 0 saturated heterocycles. The van der Waals surface area contributed by atoms with Gasteiger partial charge in [0.25, 0.3) is 5.69 Å². The van der Waals surface area contributed by atoms with Crippen molar-refractivity contribution < 1.29 is 24.0 Å². The van der Waals surface area contributed by atoms with Gasteiger partial charge in [0.1, 0.15) is 0 Å². The standard InChI is InChI=1S/C24H26N6O6S/c1-15-5-8-17(30(33)34)12-18(15)26-23(32)14-37-24-28-27-21(29(24)2)13-25-22(31)10-7-16-6-9-19(35-3)20(11-16)36-4/h5-12H,13-14H2,1-4H3,(H,25,31)(H,26,32)/b10-7+. The number of amides is 2. The first-order valence-corrected chi connectivity index (χ1v) is 11.9. The zero-order valence-electron chi connectivity index (χ0n) is 20.7. The Hall–Kier alpha value is -4.39. The Balaban J connectivity index is 1.52. The smallest absolute Gasteiger partial charge is 0.271 e. The van der Waals surface area contributed by atoms with Gasteiger partial charge in [0.2, 0.25) is 11.8 Å². The minimum absolute atomic E-state index is 0.0223. The van der Waals surface area contributed by atoms with Crippen LogP contribution in [0.4, 0.5) is 11.4 Å². The van der Waals surface area contributed by atoms with E-state index in [9.17, 15) is 19.7 Å². The first-order valence-electron chi connectivity index (χ1n) is 11.0. The lowest BCUT2D eigenvalue weighted by Crippen LogP contribution is -2.22. The third-order valence-electron chi connectivity index (χ3n) is 5.22. The highest BCUT2D eigenvalue weighted by molar-refractivity contribution is 7.99. The lowest BCUT2D eigenvalue weighted by Gasteiger charge is -2.08. The van der Waals surface area contributed by atoms with Crippen LogP contribution in [-0.2, 0) is 23.2 Å². The molecule has 2 aromatic carbocycles. The molecule has 0 unspecified atom stereocenters. The molecule has 0 saturated carbocycles. The van der Waals surface area contributed by atoms with Crippen LogP contribution in [0.5, 0.6) is 11.5 Å². The van der Waals surface area contributed by atoms with Crippen molar-refractivity contribution in [2.24, 2.45) is 7.05 Å². The van der Waals surface area contributed by atoms with E-state index >= 15 is 0 Å². The molecule has 0 aliphatic rings. The van der Waals surface area contributed by atoms with Gasteiger partial charge in [0.05, 0.1) is 37.1 Å². The zero-order valence-corrected chi connectivity index (χ0v) is 21.5. The minimum Gasteiger partial charge on any atom is -0.493 e. The molecule has 37 heavy (non-hydrogen) atoms. The molecule has 3 rings (SSSR count). The molecule has 0 fully saturated rings. The Morgan fingerprint density at radius 2 is 1.89 bits per heavy atom. The van der Waals surface area contributed by atoms with Gasteiger partial charge in [-0.1, -0.05) is 23.9 Å². The molecule has 1 heterocycles. The van der Waals surface area contributed by atoms with Crippen molar-refractivity contribution in [2.45, 2.75) is 18.6 Å². The van der Waals surface area contributed by atoms with Crippen molar-refractivity contribution in [3.63, 3.8) is 0 Å². The number of non-ortho nitro benzene ring substituents is 1. The van der Waals surface area contributed by atoms with Gasteiger partial charge in [-0.3, -0.25) is 19.7 Å². The number of benzene rings is 2. The fraction of sp³-hybridized carbons (Fsp3) is 0.250. The number of methoxy groups -OCH3 is 2. The van der Waals surface area contributed by atoms with Crippen LogP contribution in [0.15, 0.2) is 47.6 Å². The summed E-state index contributed by atoms with van der Waals surface area (Å²) >= 11 is 1.15. The largest absolute Gasteiger partial charge is 0.493 e. The second-order valence-electron chi connectivity index (χ2n) is 7.72. The summed E-state index contributed by atoms with van der Waals surface area (Å²) < 4.78 is 12.1. The van der Waals surface area contributed by atoms with Crippen LogP contribution in [0.2, 0.25) is 0 Å². The van der Waals surface area contributed by atoms with Crippen LogP contribution >= 0.6 is 11.8 Å². The van der Waals surface area contributed by atoms with E-state index in [4.69, 9.17) is 9.47 Å². The van der Waals surface area contributed by atoms with Crippen molar-refractivity contribution in [2.75, 3.05) is 25.3 Å². The molecule has 0 bridgehead atoms. The molecule has 1 aromatic heterocycles. The second-order valence-corrected chi connectivity index (χ2v) is 8.66. The van der Waals surface area contributed by atoms with E-state index in [0.29, 0.717) is 33.7 Å². The highest BCUT2D eigenvalue weighted by atomic mass is 32.2. The van der Waals surface area contributed by atoms with Crippen molar-refractivity contribution in [1.82, 2.24) is 20.1 Å². The second kappa shape index (κ2) is 12.5. The Morgan fingerprint density at radius 3 is 2.59 bits per heavy atom. The molecule has 13 heteroatoms. The SMILES string of the molecule is COc1ccc(/C=C/C(=O)NCc2nnc(SCC(=O)Nc3cc([N+](=O)[O-])ccc3C)n2C)cc1OC. The van der Waals surface area contributed by atoms with Gasteiger partial charge in [-0.15, -0.1) is 10.2 Å². The van der Waals surface area contributed by atoms with E-state index in [1.807, 2.05) is 0 Å². The van der Waals surface area contributed by atoms with Gasteiger partial charge in [-0.2, -0.15) is 0 Å². The average molecular weight is 527 g/mol. The van der Waals surface area contributed by atoms with E-state index in [0.717, 1.165) is 17.3 Å². The van der Waals surface area contributed by atoms with E-state index in [1.165, 1.54) is 25.3 Å². The number of carbonyl (C=O) groups is 2. The Morgan fingerprint density at radius 1 is 1.14 bits per heavy atom. The molecule has 194 valence electrons. The summed E-state index contributed by atoms with van der Waals surface area (Å²) in [6.45, 7) is 1.89. The maximum atomic E-state index is 12.4. The molecule has 0 aliphatic heterocycles. The van der Waals surface area contributed by atoms with Gasteiger partial charge < -0.3 is 24.7 Å². The number of thioether (sulfide) groups is 1. The van der Waals surface area contributed by atoms with Gasteiger partial charge in [-0.05, 0) is 36.3 Å². The summed E-state index contributed by atoms with van der Waals surface area (Å²) in [5.74, 6) is 1.02. The maximum absolute atomic E-state index is 12.4. The number of nitro benzene ring substituents is 1. The summed E-state index contributed by atoms with van der Waals surface area (Å²) in [5.41, 5.74) is 1.75. The van der Waals surface area contributed by atoms with Crippen LogP contribution in [0.3, 0.4) is 0 Å². The lowest BCUT2D eigenvalue weighted by molar-refractivity contribution is -0.384. The van der Waals surface area contributed by atoms with Gasteiger partial charge in [-0.25, -0.2) is 0 Å². The number of aryl methyl sites for hydroxylation is 1. The summed E-state index contributed by atoms with van der Waals surface area (Å²) in [4.78, 5) is 35.1. The number of nitrogens with one attached hydrogen (secondary N) is 2. The number of aromatic nitrogens is 3. The predicted molar refractivity (Wildman–Crippen MR) is 139 cm³/mol. The molecule has 0 atom stereocenters. The fourth-order valence-corrected chi connectivity index (χ4v) is 3.88. The number of hydrogen-bond donors (Lipinski definition) is 2. The molecule has 2 N–H and O–H groups in total. The minimum atomic E-state index is -0.518. The number of anilines is 1. The zero-order chi connectivity index (χ0) is 26.9. The first-order chi connectivity index (χ1) is 17.7. The van der Waals surface area contributed by atoms with Crippen LogP contribution in [-0.4, -0.2) is 51.5 Å². The summed E-state index contributed by atoms with van der Waals surface area (Å²) in [6, 6.07) is 9.58. The molecule has 12 nitrogen and oxygen atoms in total. The normalized spacial score (nSPS) is 10.8. The molecular formula is C24H26N6O6S. The third-order valence-corrected chi connectivity index (χ3v) is 6.24. The number of ether oxygens (including phenoxy) is 2. The quantitative estimate of drug-likeness (QED) is 0.166. The van der Waals surface area contributed by atoms with E-state index in [2.05, 4.69) is 20.8 Å². The van der Waals surface area contributed by atoms with Crippen LogP contribution in [0, 0.1) is 17.0 Å². The van der Waals surface area contributed by atoms with E-state index in [-0.39, 0.29) is 29.8 Å². The number of rotatable bonds is 11. The number of carbonyl (C=O) groups excluding carboxylic acids is 2. The topological polar surface area (TPSA) is 151 Å². The molecule has 0 radical (unpaired) electrons. The van der Waals surface area contributed by atoms with Gasteiger partial charge in [0.15, 0.2) is 22.5 Å². The molecule has 0 spiro atoms. The Kier molecular flexibility index (Phi) is 9.21. The summed E-state index contributed by atoms with van der Waals surface area (Å²) in [5, 5.41) is 25.0. The first kappa shape index (κ1) is 27.2. The highest BCUT2D eigenvalue weighted by Gasteiger charge is 2.14. The maximum Gasteiger partial charge on any atom is 0.271 e. The average Bonchev–Trinajstić information content (AvgIpc) is 3.24. The number of nitro groups is 1. The molecule has 3 aromatic rings. The van der Waals surface area contributed by atoms with Gasteiger partial charge >= 0.3 is 0 Å². The third kappa shape index (κ3) is 7.30. The predicted octanol–water partition coefficient (Wildman–Crippen LogP) is 3.11. The Labute approximate surface area is 217 Å². The number of nitrogens with zero attached hydrogens (tertiary/aromatic N) is 4. The Bertz CT molecular complexity index is 1340. The van der Waals surface area contributed by atoms with Crippen LogP contribution in [0.1, 0.15) is 17.0 Å².